The largest absolute Gasteiger partial charge is 0.336 e. The maximum absolute atomic E-state index is 13.6. The lowest BCUT2D eigenvalue weighted by Gasteiger charge is -2.17. The van der Waals surface area contributed by atoms with Crippen molar-refractivity contribution in [3.63, 3.8) is 0 Å². The van der Waals surface area contributed by atoms with Gasteiger partial charge in [-0.15, -0.1) is 11.8 Å². The van der Waals surface area contributed by atoms with Crippen molar-refractivity contribution >= 4 is 29.3 Å². The average Bonchev–Trinajstić information content (AvgIpc) is 2.61. The van der Waals surface area contributed by atoms with Gasteiger partial charge in [0.05, 0.1) is 12.3 Å². The molecule has 0 saturated heterocycles. The molecule has 2 aromatic rings. The lowest BCUT2D eigenvalue weighted by molar-refractivity contribution is -0.131. The van der Waals surface area contributed by atoms with Crippen LogP contribution in [0.15, 0.2) is 47.4 Å². The molecule has 2 rings (SSSR count). The maximum Gasteiger partial charge on any atom is 0.243 e. The molecule has 0 radical (unpaired) electrons. The second kappa shape index (κ2) is 9.33. The number of hydrogen-bond donors (Lipinski definition) is 1. The standard InChI is InChI=1S/C19H20F2N2O2S/c1-3-13-6-4-5-7-16(13)22-18(24)11-23(2)19(25)12-26-17-9-8-14(20)10-15(17)21/h4-10H,3,11-12H2,1-2H3,(H,22,24). The number of para-hydroxylation sites is 1. The van der Waals surface area contributed by atoms with Gasteiger partial charge in [0, 0.05) is 23.7 Å². The van der Waals surface area contributed by atoms with Crippen LogP contribution in [0.5, 0.6) is 0 Å². The van der Waals surface area contributed by atoms with E-state index in [-0.39, 0.29) is 29.0 Å². The third kappa shape index (κ3) is 5.56. The number of anilines is 1. The molecule has 0 aliphatic heterocycles. The molecule has 0 atom stereocenters. The monoisotopic (exact) mass is 378 g/mol. The van der Waals surface area contributed by atoms with Crippen molar-refractivity contribution in [1.29, 1.82) is 0 Å². The van der Waals surface area contributed by atoms with E-state index >= 15 is 0 Å². The number of nitrogens with zero attached hydrogens (tertiary/aromatic N) is 1. The minimum atomic E-state index is -0.709. The van der Waals surface area contributed by atoms with Gasteiger partial charge >= 0.3 is 0 Å². The minimum Gasteiger partial charge on any atom is -0.336 e. The zero-order valence-electron chi connectivity index (χ0n) is 14.6. The zero-order chi connectivity index (χ0) is 19.1. The van der Waals surface area contributed by atoms with Gasteiger partial charge in [-0.05, 0) is 30.2 Å². The van der Waals surface area contributed by atoms with E-state index in [2.05, 4.69) is 5.32 Å². The number of carbonyl (C=O) groups excluding carboxylic acids is 2. The van der Waals surface area contributed by atoms with E-state index in [0.717, 1.165) is 41.6 Å². The van der Waals surface area contributed by atoms with Gasteiger partial charge in [-0.3, -0.25) is 9.59 Å². The van der Waals surface area contributed by atoms with Crippen molar-refractivity contribution in [3.05, 3.63) is 59.7 Å². The fourth-order valence-corrected chi connectivity index (χ4v) is 3.15. The van der Waals surface area contributed by atoms with Crippen LogP contribution in [0.3, 0.4) is 0 Å². The van der Waals surface area contributed by atoms with Crippen molar-refractivity contribution in [3.8, 4) is 0 Å². The molecule has 0 fully saturated rings. The second-order valence-electron chi connectivity index (χ2n) is 5.67. The number of carbonyl (C=O) groups is 2. The number of likely N-dealkylation sites (N-methyl/N-ethyl adjacent to an activating group) is 1. The van der Waals surface area contributed by atoms with E-state index in [1.54, 1.807) is 0 Å². The first kappa shape index (κ1) is 19.9. The summed E-state index contributed by atoms with van der Waals surface area (Å²) in [6.45, 7) is 1.88. The molecule has 4 nitrogen and oxygen atoms in total. The van der Waals surface area contributed by atoms with Gasteiger partial charge in [0.1, 0.15) is 11.6 Å². The SMILES string of the molecule is CCc1ccccc1NC(=O)CN(C)C(=O)CSc1ccc(F)cc1F. The first-order chi connectivity index (χ1) is 12.4. The molecule has 1 N–H and O–H groups in total. The van der Waals surface area contributed by atoms with Crippen LogP contribution >= 0.6 is 11.8 Å². The van der Waals surface area contributed by atoms with Crippen LogP contribution in [-0.4, -0.2) is 36.1 Å². The quantitative estimate of drug-likeness (QED) is 0.747. The van der Waals surface area contributed by atoms with Crippen LogP contribution in [0.4, 0.5) is 14.5 Å². The third-order valence-electron chi connectivity index (χ3n) is 3.72. The molecular formula is C19H20F2N2O2S. The van der Waals surface area contributed by atoms with E-state index in [1.165, 1.54) is 18.0 Å². The van der Waals surface area contributed by atoms with Gasteiger partial charge in [0.15, 0.2) is 0 Å². The highest BCUT2D eigenvalue weighted by molar-refractivity contribution is 8.00. The minimum absolute atomic E-state index is 0.0438. The molecular weight excluding hydrogens is 358 g/mol. The molecule has 7 heteroatoms. The van der Waals surface area contributed by atoms with Gasteiger partial charge < -0.3 is 10.2 Å². The number of aryl methyl sites for hydroxylation is 1. The Kier molecular flexibility index (Phi) is 7.15. The van der Waals surface area contributed by atoms with E-state index in [9.17, 15) is 18.4 Å². The van der Waals surface area contributed by atoms with Gasteiger partial charge in [0.2, 0.25) is 11.8 Å². The Morgan fingerprint density at radius 1 is 1.15 bits per heavy atom. The topological polar surface area (TPSA) is 49.4 Å². The van der Waals surface area contributed by atoms with Crippen LogP contribution in [0.1, 0.15) is 12.5 Å². The lowest BCUT2D eigenvalue weighted by atomic mass is 10.1. The Hall–Kier alpha value is -2.41. The summed E-state index contributed by atoms with van der Waals surface area (Å²) in [6.07, 6.45) is 0.783. The van der Waals surface area contributed by atoms with Crippen LogP contribution < -0.4 is 5.32 Å². The van der Waals surface area contributed by atoms with Gasteiger partial charge in [-0.2, -0.15) is 0 Å². The molecule has 0 aliphatic rings. The fourth-order valence-electron chi connectivity index (χ4n) is 2.29. The number of amides is 2. The summed E-state index contributed by atoms with van der Waals surface area (Å²) in [5.41, 5.74) is 1.74. The van der Waals surface area contributed by atoms with Crippen LogP contribution in [-0.2, 0) is 16.0 Å². The average molecular weight is 378 g/mol. The third-order valence-corrected chi connectivity index (χ3v) is 4.76. The highest BCUT2D eigenvalue weighted by atomic mass is 32.2. The number of hydrogen-bond acceptors (Lipinski definition) is 3. The predicted molar refractivity (Wildman–Crippen MR) is 99.2 cm³/mol. The first-order valence-corrected chi connectivity index (χ1v) is 9.08. The molecule has 0 bridgehead atoms. The lowest BCUT2D eigenvalue weighted by Crippen LogP contribution is -2.36. The van der Waals surface area contributed by atoms with Crippen LogP contribution in [0.2, 0.25) is 0 Å². The number of thioether (sulfide) groups is 1. The summed E-state index contributed by atoms with van der Waals surface area (Å²) in [5, 5.41) is 2.80. The number of nitrogens with one attached hydrogen (secondary N) is 1. The highest BCUT2D eigenvalue weighted by Crippen LogP contribution is 2.22. The molecule has 0 aromatic heterocycles. The molecule has 0 saturated carbocycles. The summed E-state index contributed by atoms with van der Waals surface area (Å²) in [4.78, 5) is 25.7. The van der Waals surface area contributed by atoms with Crippen molar-refractivity contribution in [1.82, 2.24) is 4.90 Å². The Labute approximate surface area is 155 Å². The van der Waals surface area contributed by atoms with Crippen LogP contribution in [0, 0.1) is 11.6 Å². The highest BCUT2D eigenvalue weighted by Gasteiger charge is 2.15. The predicted octanol–water partition coefficient (Wildman–Crippen LogP) is 3.72. The molecule has 0 heterocycles. The Morgan fingerprint density at radius 3 is 2.58 bits per heavy atom. The van der Waals surface area contributed by atoms with E-state index < -0.39 is 11.6 Å². The summed E-state index contributed by atoms with van der Waals surface area (Å²) in [7, 11) is 1.51. The Balaban J connectivity index is 1.87. The van der Waals surface area contributed by atoms with E-state index in [0.29, 0.717) is 0 Å². The number of rotatable bonds is 7. The molecule has 26 heavy (non-hydrogen) atoms. The van der Waals surface area contributed by atoms with Crippen LogP contribution in [0.25, 0.3) is 0 Å². The normalized spacial score (nSPS) is 10.5. The summed E-state index contributed by atoms with van der Waals surface area (Å²) < 4.78 is 26.5. The molecule has 2 aromatic carbocycles. The van der Waals surface area contributed by atoms with Gasteiger partial charge in [0.25, 0.3) is 0 Å². The molecule has 0 spiro atoms. The Morgan fingerprint density at radius 2 is 1.88 bits per heavy atom. The zero-order valence-corrected chi connectivity index (χ0v) is 15.4. The smallest absolute Gasteiger partial charge is 0.243 e. The molecule has 0 aliphatic carbocycles. The molecule has 2 amide bonds. The van der Waals surface area contributed by atoms with E-state index in [1.807, 2.05) is 31.2 Å². The molecule has 0 unspecified atom stereocenters. The first-order valence-electron chi connectivity index (χ1n) is 8.10. The second-order valence-corrected chi connectivity index (χ2v) is 6.69. The van der Waals surface area contributed by atoms with Gasteiger partial charge in [-0.1, -0.05) is 25.1 Å². The number of benzene rings is 2. The summed E-state index contributed by atoms with van der Waals surface area (Å²) in [6, 6.07) is 10.7. The summed E-state index contributed by atoms with van der Waals surface area (Å²) in [5.74, 6) is -2.05. The Bertz CT molecular complexity index is 799. The maximum atomic E-state index is 13.6. The van der Waals surface area contributed by atoms with Crippen molar-refractivity contribution in [2.75, 3.05) is 24.7 Å². The van der Waals surface area contributed by atoms with Crippen molar-refractivity contribution in [2.45, 2.75) is 18.2 Å². The number of halogens is 2. The van der Waals surface area contributed by atoms with Crippen molar-refractivity contribution in [2.24, 2.45) is 0 Å². The molecule has 138 valence electrons. The van der Waals surface area contributed by atoms with Crippen molar-refractivity contribution < 1.29 is 18.4 Å². The fraction of sp³-hybridized carbons (Fsp3) is 0.263. The van der Waals surface area contributed by atoms with Gasteiger partial charge in [-0.25, -0.2) is 8.78 Å². The summed E-state index contributed by atoms with van der Waals surface area (Å²) >= 11 is 0.965. The van der Waals surface area contributed by atoms with E-state index in [4.69, 9.17) is 0 Å².